The van der Waals surface area contributed by atoms with Gasteiger partial charge in [0.25, 0.3) is 0 Å². The molecule has 2 atom stereocenters. The van der Waals surface area contributed by atoms with Gasteiger partial charge in [-0.25, -0.2) is 14.3 Å². The molecular formula is C19H25FN4O3. The van der Waals surface area contributed by atoms with Crippen LogP contribution in [0.3, 0.4) is 0 Å². The molecule has 2 aromatic rings. The third-order valence-electron chi connectivity index (χ3n) is 5.78. The van der Waals surface area contributed by atoms with Gasteiger partial charge in [0.1, 0.15) is 6.10 Å². The normalized spacial score (nSPS) is 26.4. The molecule has 146 valence electrons. The molecule has 1 aromatic carbocycles. The number of aromatic nitrogens is 2. The van der Waals surface area contributed by atoms with Crippen LogP contribution in [0, 0.1) is 11.7 Å². The molecule has 1 fully saturated rings. The lowest BCUT2D eigenvalue weighted by atomic mass is 9.81. The molecule has 27 heavy (non-hydrogen) atoms. The number of nitrogens with one attached hydrogen (secondary N) is 1. The molecule has 4 rings (SSSR count). The number of halogens is 1. The third kappa shape index (κ3) is 3.45. The average Bonchev–Trinajstić information content (AvgIpc) is 3.08. The lowest BCUT2D eigenvalue weighted by Crippen LogP contribution is -2.48. The molecule has 8 heteroatoms. The highest BCUT2D eigenvalue weighted by Crippen LogP contribution is 2.42. The zero-order valence-corrected chi connectivity index (χ0v) is 15.6. The van der Waals surface area contributed by atoms with E-state index < -0.39 is 11.6 Å². The molecule has 0 amide bonds. The van der Waals surface area contributed by atoms with Gasteiger partial charge in [0, 0.05) is 17.6 Å². The van der Waals surface area contributed by atoms with Gasteiger partial charge in [-0.05, 0) is 57.6 Å². The van der Waals surface area contributed by atoms with Gasteiger partial charge >= 0.3 is 5.76 Å². The summed E-state index contributed by atoms with van der Waals surface area (Å²) in [7, 11) is 0. The highest BCUT2D eigenvalue weighted by atomic mass is 19.1. The van der Waals surface area contributed by atoms with Crippen LogP contribution in [0.25, 0.3) is 11.5 Å². The molecule has 0 radical (unpaired) electrons. The Balaban J connectivity index is 1.71. The average molecular weight is 376 g/mol. The summed E-state index contributed by atoms with van der Waals surface area (Å²) >= 11 is 0. The van der Waals surface area contributed by atoms with Gasteiger partial charge in [-0.15, -0.1) is 5.10 Å². The smallest absolute Gasteiger partial charge is 0.434 e. The van der Waals surface area contributed by atoms with Crippen molar-refractivity contribution in [2.75, 3.05) is 11.4 Å². The van der Waals surface area contributed by atoms with Crippen LogP contribution < -0.4 is 21.1 Å². The second-order valence-electron chi connectivity index (χ2n) is 7.72. The van der Waals surface area contributed by atoms with Crippen LogP contribution >= 0.6 is 0 Å². The van der Waals surface area contributed by atoms with E-state index >= 15 is 0 Å². The summed E-state index contributed by atoms with van der Waals surface area (Å²) in [6, 6.07) is 3.59. The van der Waals surface area contributed by atoms with Crippen molar-refractivity contribution in [3.05, 3.63) is 28.5 Å². The zero-order valence-electron chi connectivity index (χ0n) is 15.6. The van der Waals surface area contributed by atoms with E-state index in [0.717, 1.165) is 25.7 Å². The summed E-state index contributed by atoms with van der Waals surface area (Å²) < 4.78 is 25.6. The molecule has 7 nitrogen and oxygen atoms in total. The van der Waals surface area contributed by atoms with E-state index in [9.17, 15) is 9.18 Å². The van der Waals surface area contributed by atoms with Crippen LogP contribution in [-0.2, 0) is 0 Å². The molecular weight excluding hydrogens is 351 g/mol. The largest absolute Gasteiger partial charge is 0.484 e. The van der Waals surface area contributed by atoms with Crippen LogP contribution in [0.1, 0.15) is 39.5 Å². The molecule has 0 unspecified atom stereocenters. The van der Waals surface area contributed by atoms with Crippen LogP contribution in [0.15, 0.2) is 21.3 Å². The van der Waals surface area contributed by atoms with Gasteiger partial charge < -0.3 is 19.8 Å². The summed E-state index contributed by atoms with van der Waals surface area (Å²) in [5.41, 5.74) is 7.14. The predicted octanol–water partition coefficient (Wildman–Crippen LogP) is 2.66. The van der Waals surface area contributed by atoms with E-state index in [-0.39, 0.29) is 29.8 Å². The van der Waals surface area contributed by atoms with Crippen molar-refractivity contribution in [3.63, 3.8) is 0 Å². The first kappa shape index (κ1) is 18.0. The first-order chi connectivity index (χ1) is 12.9. The van der Waals surface area contributed by atoms with Crippen molar-refractivity contribution in [1.82, 2.24) is 10.2 Å². The maximum atomic E-state index is 14.8. The number of rotatable bonds is 3. The van der Waals surface area contributed by atoms with E-state index in [1.807, 2.05) is 6.92 Å². The van der Waals surface area contributed by atoms with Gasteiger partial charge in [0.15, 0.2) is 11.6 Å². The summed E-state index contributed by atoms with van der Waals surface area (Å²) in [5, 5.41) is 6.03. The fourth-order valence-electron chi connectivity index (χ4n) is 4.27. The van der Waals surface area contributed by atoms with Crippen molar-refractivity contribution in [3.8, 4) is 17.2 Å². The van der Waals surface area contributed by atoms with Crippen LogP contribution in [0.5, 0.6) is 5.75 Å². The number of hydrogen-bond acceptors (Lipinski definition) is 6. The highest BCUT2D eigenvalue weighted by Gasteiger charge is 2.34. The highest BCUT2D eigenvalue weighted by molar-refractivity contribution is 5.70. The Morgan fingerprint density at radius 3 is 2.74 bits per heavy atom. The molecule has 0 bridgehead atoms. The number of hydrogen-bond donors (Lipinski definition) is 2. The second kappa shape index (κ2) is 6.99. The predicted molar refractivity (Wildman–Crippen MR) is 99.3 cm³/mol. The molecule has 1 aliphatic carbocycles. The van der Waals surface area contributed by atoms with Crippen molar-refractivity contribution in [2.24, 2.45) is 11.7 Å². The Kier molecular flexibility index (Phi) is 4.67. The maximum Gasteiger partial charge on any atom is 0.434 e. The fraction of sp³-hybridized carbons (Fsp3) is 0.579. The molecule has 3 N–H and O–H groups in total. The quantitative estimate of drug-likeness (QED) is 0.855. The fourth-order valence-corrected chi connectivity index (χ4v) is 4.27. The molecule has 1 aromatic heterocycles. The van der Waals surface area contributed by atoms with E-state index in [1.54, 1.807) is 6.07 Å². The van der Waals surface area contributed by atoms with E-state index in [1.165, 1.54) is 6.07 Å². The number of ether oxygens (including phenoxy) is 1. The van der Waals surface area contributed by atoms with Gasteiger partial charge in [-0.3, -0.25) is 0 Å². The lowest BCUT2D eigenvalue weighted by molar-refractivity contribution is 0.187. The molecule has 1 saturated carbocycles. The minimum Gasteiger partial charge on any atom is -0.484 e. The Hall–Kier alpha value is -2.35. The van der Waals surface area contributed by atoms with Crippen LogP contribution in [-0.4, -0.2) is 34.9 Å². The van der Waals surface area contributed by atoms with E-state index in [2.05, 4.69) is 22.0 Å². The third-order valence-corrected chi connectivity index (χ3v) is 5.78. The Labute approximate surface area is 156 Å². The number of nitrogens with two attached hydrogens (primary N) is 1. The first-order valence-corrected chi connectivity index (χ1v) is 9.50. The first-order valence-electron chi connectivity index (χ1n) is 9.50. The Morgan fingerprint density at radius 1 is 1.33 bits per heavy atom. The number of anilines is 1. The number of H-pyrrole nitrogens is 1. The van der Waals surface area contributed by atoms with Crippen molar-refractivity contribution >= 4 is 5.69 Å². The van der Waals surface area contributed by atoms with Crippen molar-refractivity contribution < 1.29 is 13.5 Å². The van der Waals surface area contributed by atoms with Crippen molar-refractivity contribution in [1.29, 1.82) is 0 Å². The van der Waals surface area contributed by atoms with Gasteiger partial charge in [0.05, 0.1) is 12.2 Å². The van der Waals surface area contributed by atoms with Gasteiger partial charge in [-0.2, -0.15) is 0 Å². The van der Waals surface area contributed by atoms with E-state index in [0.29, 0.717) is 23.7 Å². The molecule has 0 saturated heterocycles. The molecule has 0 spiro atoms. The SMILES string of the molecule is C[C@H]1CN([C@@H](C)C2CCC(N)CC2)c2cc(-c3n[nH]c(=O)o3)cc(F)c2O1. The maximum absolute atomic E-state index is 14.8. The minimum atomic E-state index is -0.670. The van der Waals surface area contributed by atoms with Gasteiger partial charge in [0.2, 0.25) is 5.89 Å². The molecule has 2 aliphatic rings. The zero-order chi connectivity index (χ0) is 19.1. The number of aromatic amines is 1. The standard InChI is InChI=1S/C19H25FN4O3/c1-10-9-24(11(2)12-3-5-14(21)6-4-12)16-8-13(7-15(20)17(16)26-10)18-22-23-19(25)27-18/h7-8,10-12,14H,3-6,9,21H2,1-2H3,(H,23,25)/t10-,11-,12?,14?/m0/s1. The summed E-state index contributed by atoms with van der Waals surface area (Å²) in [4.78, 5) is 13.5. The molecule has 2 heterocycles. The Bertz CT molecular complexity index is 872. The number of fused-ring (bicyclic) bond motifs is 1. The van der Waals surface area contributed by atoms with Crippen LogP contribution in [0.2, 0.25) is 0 Å². The topological polar surface area (TPSA) is 97.4 Å². The lowest BCUT2D eigenvalue weighted by Gasteiger charge is -2.43. The van der Waals surface area contributed by atoms with Crippen molar-refractivity contribution in [2.45, 2.75) is 57.7 Å². The minimum absolute atomic E-state index is 0.0663. The summed E-state index contributed by atoms with van der Waals surface area (Å²) in [5.74, 6) is -0.344. The Morgan fingerprint density at radius 2 is 2.07 bits per heavy atom. The van der Waals surface area contributed by atoms with E-state index in [4.69, 9.17) is 14.9 Å². The molecule has 1 aliphatic heterocycles. The summed E-state index contributed by atoms with van der Waals surface area (Å²) in [6.45, 7) is 4.80. The van der Waals surface area contributed by atoms with Crippen LogP contribution in [0.4, 0.5) is 10.1 Å². The summed E-state index contributed by atoms with van der Waals surface area (Å²) in [6.07, 6.45) is 4.07. The number of benzene rings is 1. The van der Waals surface area contributed by atoms with Gasteiger partial charge in [-0.1, -0.05) is 0 Å². The number of nitrogens with zero attached hydrogens (tertiary/aromatic N) is 2. The monoisotopic (exact) mass is 376 g/mol. The second-order valence-corrected chi connectivity index (χ2v) is 7.72.